The van der Waals surface area contributed by atoms with Gasteiger partial charge in [0, 0.05) is 23.9 Å². The Morgan fingerprint density at radius 2 is 2.21 bits per heavy atom. The summed E-state index contributed by atoms with van der Waals surface area (Å²) in [6.07, 6.45) is 3.35. The van der Waals surface area contributed by atoms with E-state index in [-0.39, 0.29) is 16.5 Å². The summed E-state index contributed by atoms with van der Waals surface area (Å²) in [5.74, 6) is 0.622. The van der Waals surface area contributed by atoms with Gasteiger partial charge in [0.15, 0.2) is 0 Å². The lowest BCUT2D eigenvalue weighted by Gasteiger charge is -2.08. The van der Waals surface area contributed by atoms with Gasteiger partial charge in [-0.3, -0.25) is 0 Å². The van der Waals surface area contributed by atoms with Gasteiger partial charge in [-0.2, -0.15) is 0 Å². The number of hydrogen-bond donors (Lipinski definition) is 1. The fourth-order valence-corrected chi connectivity index (χ4v) is 3.51. The van der Waals surface area contributed by atoms with Crippen molar-refractivity contribution >= 4 is 37.6 Å². The van der Waals surface area contributed by atoms with Crippen LogP contribution in [-0.2, 0) is 23.6 Å². The summed E-state index contributed by atoms with van der Waals surface area (Å²) in [5, 5.41) is 0.168. The van der Waals surface area contributed by atoms with Gasteiger partial charge in [0.2, 0.25) is 10.0 Å². The van der Waals surface area contributed by atoms with Gasteiger partial charge in [0.05, 0.1) is 11.6 Å². The molecule has 0 saturated carbocycles. The van der Waals surface area contributed by atoms with Crippen molar-refractivity contribution in [1.82, 2.24) is 14.3 Å². The number of imidazole rings is 1. The Morgan fingerprint density at radius 3 is 2.79 bits per heavy atom. The van der Waals surface area contributed by atoms with E-state index in [0.29, 0.717) is 5.82 Å². The molecule has 0 bridgehead atoms. The fourth-order valence-electron chi connectivity index (χ4n) is 1.50. The van der Waals surface area contributed by atoms with Gasteiger partial charge in [0.25, 0.3) is 0 Å². The van der Waals surface area contributed by atoms with Crippen molar-refractivity contribution in [3.8, 4) is 0 Å². The van der Waals surface area contributed by atoms with Gasteiger partial charge in [0.1, 0.15) is 10.7 Å². The fraction of sp³-hybridized carbons (Fsp3) is 0.182. The van der Waals surface area contributed by atoms with Crippen molar-refractivity contribution in [1.29, 1.82) is 0 Å². The van der Waals surface area contributed by atoms with Crippen LogP contribution in [0.5, 0.6) is 0 Å². The quantitative estimate of drug-likeness (QED) is 0.905. The maximum atomic E-state index is 12.1. The molecule has 0 unspecified atom stereocenters. The van der Waals surface area contributed by atoms with Gasteiger partial charge in [-0.15, -0.1) is 0 Å². The molecular formula is C11H11BrClN3O2S. The number of halogens is 2. The number of aromatic nitrogens is 2. The predicted molar refractivity (Wildman–Crippen MR) is 76.4 cm³/mol. The standard InChI is InChI=1S/C11H11BrClN3O2S/c1-16-5-4-14-11(16)7-15-19(17,18)10-3-2-8(12)6-9(10)13/h2-6,15H,7H2,1H3. The summed E-state index contributed by atoms with van der Waals surface area (Å²) in [6, 6.07) is 4.62. The second-order valence-corrected chi connectivity index (χ2v) is 6.91. The molecular weight excluding hydrogens is 354 g/mol. The number of hydrogen-bond acceptors (Lipinski definition) is 3. The maximum Gasteiger partial charge on any atom is 0.242 e. The van der Waals surface area contributed by atoms with Crippen LogP contribution in [0, 0.1) is 0 Å². The number of rotatable bonds is 4. The minimum Gasteiger partial charge on any atom is -0.337 e. The van der Waals surface area contributed by atoms with Crippen LogP contribution >= 0.6 is 27.5 Å². The lowest BCUT2D eigenvalue weighted by molar-refractivity contribution is 0.577. The largest absolute Gasteiger partial charge is 0.337 e. The molecule has 102 valence electrons. The molecule has 19 heavy (non-hydrogen) atoms. The molecule has 0 amide bonds. The van der Waals surface area contributed by atoms with E-state index in [0.717, 1.165) is 4.47 Å². The van der Waals surface area contributed by atoms with Crippen LogP contribution in [0.4, 0.5) is 0 Å². The van der Waals surface area contributed by atoms with Crippen molar-refractivity contribution in [2.24, 2.45) is 7.05 Å². The Balaban J connectivity index is 2.21. The highest BCUT2D eigenvalue weighted by molar-refractivity contribution is 9.10. The van der Waals surface area contributed by atoms with Crippen LogP contribution in [0.25, 0.3) is 0 Å². The summed E-state index contributed by atoms with van der Waals surface area (Å²) in [5.41, 5.74) is 0. The van der Waals surface area contributed by atoms with Gasteiger partial charge in [-0.25, -0.2) is 18.1 Å². The molecule has 5 nitrogen and oxygen atoms in total. The van der Waals surface area contributed by atoms with Gasteiger partial charge in [-0.05, 0) is 18.2 Å². The SMILES string of the molecule is Cn1ccnc1CNS(=O)(=O)c1ccc(Br)cc1Cl. The van der Waals surface area contributed by atoms with E-state index >= 15 is 0 Å². The smallest absolute Gasteiger partial charge is 0.242 e. The Labute approximate surface area is 124 Å². The second kappa shape index (κ2) is 5.62. The average molecular weight is 365 g/mol. The molecule has 0 aliphatic heterocycles. The molecule has 1 aromatic carbocycles. The van der Waals surface area contributed by atoms with Crippen molar-refractivity contribution < 1.29 is 8.42 Å². The zero-order valence-corrected chi connectivity index (χ0v) is 13.1. The summed E-state index contributed by atoms with van der Waals surface area (Å²) < 4.78 is 29.2. The summed E-state index contributed by atoms with van der Waals surface area (Å²) >= 11 is 9.17. The Hall–Kier alpha value is -0.890. The highest BCUT2D eigenvalue weighted by atomic mass is 79.9. The molecule has 1 N–H and O–H groups in total. The highest BCUT2D eigenvalue weighted by Crippen LogP contribution is 2.25. The molecule has 0 saturated heterocycles. The Kier molecular flexibility index (Phi) is 4.29. The molecule has 1 heterocycles. The van der Waals surface area contributed by atoms with Gasteiger partial charge < -0.3 is 4.57 Å². The molecule has 0 aliphatic carbocycles. The van der Waals surface area contributed by atoms with Crippen LogP contribution in [0.3, 0.4) is 0 Å². The lowest BCUT2D eigenvalue weighted by atomic mass is 10.4. The molecule has 0 radical (unpaired) electrons. The summed E-state index contributed by atoms with van der Waals surface area (Å²) in [4.78, 5) is 4.09. The van der Waals surface area contributed by atoms with Gasteiger partial charge in [-0.1, -0.05) is 27.5 Å². The minimum atomic E-state index is -3.66. The third-order valence-electron chi connectivity index (χ3n) is 2.52. The number of sulfonamides is 1. The molecule has 2 rings (SSSR count). The average Bonchev–Trinajstić information content (AvgIpc) is 2.72. The van der Waals surface area contributed by atoms with E-state index in [4.69, 9.17) is 11.6 Å². The van der Waals surface area contributed by atoms with E-state index in [1.54, 1.807) is 30.1 Å². The third-order valence-corrected chi connectivity index (χ3v) is 4.90. The van der Waals surface area contributed by atoms with Crippen molar-refractivity contribution in [2.75, 3.05) is 0 Å². The minimum absolute atomic E-state index is 0.0478. The molecule has 0 spiro atoms. The van der Waals surface area contributed by atoms with Crippen molar-refractivity contribution in [3.05, 3.63) is 45.9 Å². The summed E-state index contributed by atoms with van der Waals surface area (Å²) in [7, 11) is -1.86. The zero-order chi connectivity index (χ0) is 14.0. The number of nitrogens with zero attached hydrogens (tertiary/aromatic N) is 2. The summed E-state index contributed by atoms with van der Waals surface area (Å²) in [6.45, 7) is 0.109. The maximum absolute atomic E-state index is 12.1. The monoisotopic (exact) mass is 363 g/mol. The lowest BCUT2D eigenvalue weighted by Crippen LogP contribution is -2.25. The first-order chi connectivity index (χ1) is 8.90. The van der Waals surface area contributed by atoms with Gasteiger partial charge >= 0.3 is 0 Å². The first-order valence-electron chi connectivity index (χ1n) is 5.31. The predicted octanol–water partition coefficient (Wildman–Crippen LogP) is 2.31. The van der Waals surface area contributed by atoms with Crippen molar-refractivity contribution in [3.63, 3.8) is 0 Å². The first kappa shape index (κ1) is 14.5. The molecule has 1 aromatic heterocycles. The highest BCUT2D eigenvalue weighted by Gasteiger charge is 2.18. The Bertz CT molecular complexity index is 700. The third kappa shape index (κ3) is 3.36. The van der Waals surface area contributed by atoms with Crippen LogP contribution in [0.1, 0.15) is 5.82 Å². The Morgan fingerprint density at radius 1 is 1.47 bits per heavy atom. The zero-order valence-electron chi connectivity index (χ0n) is 9.97. The van der Waals surface area contributed by atoms with E-state index in [1.807, 2.05) is 0 Å². The van der Waals surface area contributed by atoms with Crippen LogP contribution < -0.4 is 4.72 Å². The molecule has 0 atom stereocenters. The molecule has 0 fully saturated rings. The number of nitrogens with one attached hydrogen (secondary N) is 1. The van der Waals surface area contributed by atoms with Crippen molar-refractivity contribution in [2.45, 2.75) is 11.4 Å². The van der Waals surface area contributed by atoms with Crippen LogP contribution in [-0.4, -0.2) is 18.0 Å². The van der Waals surface area contributed by atoms with E-state index < -0.39 is 10.0 Å². The second-order valence-electron chi connectivity index (χ2n) is 3.85. The van der Waals surface area contributed by atoms with Crippen LogP contribution in [0.15, 0.2) is 40.0 Å². The van der Waals surface area contributed by atoms with Crippen LogP contribution in [0.2, 0.25) is 5.02 Å². The number of aryl methyl sites for hydroxylation is 1. The van der Waals surface area contributed by atoms with E-state index in [1.165, 1.54) is 12.1 Å². The molecule has 8 heteroatoms. The van der Waals surface area contributed by atoms with E-state index in [2.05, 4.69) is 25.6 Å². The topological polar surface area (TPSA) is 64.0 Å². The van der Waals surface area contributed by atoms with E-state index in [9.17, 15) is 8.42 Å². The first-order valence-corrected chi connectivity index (χ1v) is 7.96. The molecule has 2 aromatic rings. The normalized spacial score (nSPS) is 11.7. The number of benzene rings is 1. The molecule has 0 aliphatic rings.